The summed E-state index contributed by atoms with van der Waals surface area (Å²) in [7, 11) is 1.82. The molecule has 0 aromatic heterocycles. The normalized spacial score (nSPS) is 10.1. The predicted molar refractivity (Wildman–Crippen MR) is 65.3 cm³/mol. The van der Waals surface area contributed by atoms with E-state index in [0.717, 1.165) is 5.69 Å². The molecule has 0 heterocycles. The van der Waals surface area contributed by atoms with E-state index in [9.17, 15) is 4.39 Å². The van der Waals surface area contributed by atoms with E-state index < -0.39 is 0 Å². The number of rotatable bonds is 2. The first kappa shape index (κ1) is 10.5. The van der Waals surface area contributed by atoms with Crippen molar-refractivity contribution in [3.8, 4) is 0 Å². The number of hydrogen-bond donors (Lipinski definition) is 1. The van der Waals surface area contributed by atoms with Gasteiger partial charge in [-0.05, 0) is 30.3 Å². The second-order valence-corrected chi connectivity index (χ2v) is 3.61. The maximum Gasteiger partial charge on any atom is 0.148 e. The molecule has 16 heavy (non-hydrogen) atoms. The Morgan fingerprint density at radius 1 is 1.06 bits per heavy atom. The molecule has 2 aromatic rings. The largest absolute Gasteiger partial charge is 0.399 e. The van der Waals surface area contributed by atoms with Gasteiger partial charge in [-0.3, -0.25) is 0 Å². The number of benzene rings is 2. The van der Waals surface area contributed by atoms with Crippen LogP contribution in [0.5, 0.6) is 0 Å². The SMILES string of the molecule is CN(c1ccccc1)c1ccc(N)cc1F. The molecule has 2 rings (SSSR count). The molecule has 0 bridgehead atoms. The molecule has 82 valence electrons. The van der Waals surface area contributed by atoms with Gasteiger partial charge in [0, 0.05) is 18.4 Å². The molecule has 0 saturated heterocycles. The molecule has 2 N–H and O–H groups in total. The van der Waals surface area contributed by atoms with E-state index in [0.29, 0.717) is 11.4 Å². The van der Waals surface area contributed by atoms with Crippen LogP contribution < -0.4 is 10.6 Å². The Hall–Kier alpha value is -2.03. The molecule has 0 aliphatic heterocycles. The van der Waals surface area contributed by atoms with Gasteiger partial charge in [0.15, 0.2) is 0 Å². The zero-order chi connectivity index (χ0) is 11.5. The van der Waals surface area contributed by atoms with Crippen LogP contribution in [0.15, 0.2) is 48.5 Å². The number of nitrogen functional groups attached to an aromatic ring is 1. The van der Waals surface area contributed by atoms with Crippen molar-refractivity contribution in [1.82, 2.24) is 0 Å². The lowest BCUT2D eigenvalue weighted by molar-refractivity contribution is 0.628. The van der Waals surface area contributed by atoms with Crippen molar-refractivity contribution in [2.75, 3.05) is 17.7 Å². The molecule has 3 heteroatoms. The fourth-order valence-electron chi connectivity index (χ4n) is 1.59. The predicted octanol–water partition coefficient (Wildman–Crippen LogP) is 3.18. The van der Waals surface area contributed by atoms with Crippen LogP contribution in [-0.2, 0) is 0 Å². The van der Waals surface area contributed by atoms with Crippen LogP contribution in [0, 0.1) is 5.82 Å². The molecule has 0 unspecified atom stereocenters. The van der Waals surface area contributed by atoms with Crippen molar-refractivity contribution in [2.45, 2.75) is 0 Å². The average molecular weight is 216 g/mol. The lowest BCUT2D eigenvalue weighted by Crippen LogP contribution is -2.11. The maximum atomic E-state index is 13.7. The minimum Gasteiger partial charge on any atom is -0.399 e. The van der Waals surface area contributed by atoms with E-state index in [-0.39, 0.29) is 5.82 Å². The highest BCUT2D eigenvalue weighted by Gasteiger charge is 2.08. The van der Waals surface area contributed by atoms with Crippen molar-refractivity contribution in [3.63, 3.8) is 0 Å². The molecule has 0 aliphatic rings. The van der Waals surface area contributed by atoms with Crippen LogP contribution in [0.2, 0.25) is 0 Å². The zero-order valence-electron chi connectivity index (χ0n) is 9.02. The Kier molecular flexibility index (Phi) is 2.77. The minimum atomic E-state index is -0.314. The lowest BCUT2D eigenvalue weighted by atomic mass is 10.2. The van der Waals surface area contributed by atoms with Gasteiger partial charge < -0.3 is 10.6 Å². The van der Waals surface area contributed by atoms with Gasteiger partial charge >= 0.3 is 0 Å². The van der Waals surface area contributed by atoms with Crippen LogP contribution in [0.3, 0.4) is 0 Å². The van der Waals surface area contributed by atoms with Crippen LogP contribution in [0.1, 0.15) is 0 Å². The highest BCUT2D eigenvalue weighted by molar-refractivity contribution is 5.64. The van der Waals surface area contributed by atoms with E-state index in [2.05, 4.69) is 0 Å². The summed E-state index contributed by atoms with van der Waals surface area (Å²) in [6.45, 7) is 0. The number of nitrogens with two attached hydrogens (primary N) is 1. The average Bonchev–Trinajstić information content (AvgIpc) is 2.29. The molecular weight excluding hydrogens is 203 g/mol. The lowest BCUT2D eigenvalue weighted by Gasteiger charge is -2.20. The quantitative estimate of drug-likeness (QED) is 0.781. The Balaban J connectivity index is 2.38. The highest BCUT2D eigenvalue weighted by atomic mass is 19.1. The Labute approximate surface area is 94.1 Å². The smallest absolute Gasteiger partial charge is 0.148 e. The summed E-state index contributed by atoms with van der Waals surface area (Å²) in [5.74, 6) is -0.314. The molecule has 0 amide bonds. The molecule has 0 spiro atoms. The molecule has 0 radical (unpaired) electrons. The topological polar surface area (TPSA) is 29.3 Å². The number of hydrogen-bond acceptors (Lipinski definition) is 2. The second kappa shape index (κ2) is 4.23. The van der Waals surface area contributed by atoms with E-state index >= 15 is 0 Å². The van der Waals surface area contributed by atoms with Crippen molar-refractivity contribution < 1.29 is 4.39 Å². The van der Waals surface area contributed by atoms with Gasteiger partial charge in [0.25, 0.3) is 0 Å². The molecule has 0 fully saturated rings. The summed E-state index contributed by atoms with van der Waals surface area (Å²) in [6.07, 6.45) is 0. The third-order valence-corrected chi connectivity index (χ3v) is 2.48. The Morgan fingerprint density at radius 3 is 2.38 bits per heavy atom. The zero-order valence-corrected chi connectivity index (χ0v) is 9.02. The van der Waals surface area contributed by atoms with Crippen molar-refractivity contribution >= 4 is 17.1 Å². The van der Waals surface area contributed by atoms with Crippen LogP contribution >= 0.6 is 0 Å². The van der Waals surface area contributed by atoms with Crippen LogP contribution in [0.25, 0.3) is 0 Å². The third-order valence-electron chi connectivity index (χ3n) is 2.48. The maximum absolute atomic E-state index is 13.7. The summed E-state index contributed by atoms with van der Waals surface area (Å²) >= 11 is 0. The summed E-state index contributed by atoms with van der Waals surface area (Å²) in [4.78, 5) is 1.79. The first-order valence-electron chi connectivity index (χ1n) is 5.02. The van der Waals surface area contributed by atoms with Crippen LogP contribution in [-0.4, -0.2) is 7.05 Å². The Morgan fingerprint density at radius 2 is 1.75 bits per heavy atom. The van der Waals surface area contributed by atoms with Crippen molar-refractivity contribution in [2.24, 2.45) is 0 Å². The van der Waals surface area contributed by atoms with Gasteiger partial charge in [-0.25, -0.2) is 4.39 Å². The van der Waals surface area contributed by atoms with E-state index in [1.165, 1.54) is 6.07 Å². The Bertz CT molecular complexity index is 483. The molecular formula is C13H13FN2. The molecule has 2 aromatic carbocycles. The van der Waals surface area contributed by atoms with Gasteiger partial charge in [0.1, 0.15) is 5.82 Å². The minimum absolute atomic E-state index is 0.314. The van der Waals surface area contributed by atoms with Gasteiger partial charge in [-0.2, -0.15) is 0 Å². The number of halogens is 1. The molecule has 2 nitrogen and oxygen atoms in total. The number of anilines is 3. The fourth-order valence-corrected chi connectivity index (χ4v) is 1.59. The summed E-state index contributed by atoms with van der Waals surface area (Å²) in [6, 6.07) is 14.3. The van der Waals surface area contributed by atoms with E-state index in [1.807, 2.05) is 37.4 Å². The number of nitrogens with zero attached hydrogens (tertiary/aromatic N) is 1. The van der Waals surface area contributed by atoms with E-state index in [4.69, 9.17) is 5.73 Å². The summed E-state index contributed by atoms with van der Waals surface area (Å²) in [5, 5.41) is 0. The van der Waals surface area contributed by atoms with Gasteiger partial charge in [0.05, 0.1) is 5.69 Å². The molecule has 0 saturated carbocycles. The van der Waals surface area contributed by atoms with Crippen LogP contribution in [0.4, 0.5) is 21.5 Å². The summed E-state index contributed by atoms with van der Waals surface area (Å²) in [5.41, 5.74) is 7.39. The van der Waals surface area contributed by atoms with Gasteiger partial charge in [0.2, 0.25) is 0 Å². The van der Waals surface area contributed by atoms with Crippen molar-refractivity contribution in [3.05, 3.63) is 54.3 Å². The third kappa shape index (κ3) is 1.98. The number of para-hydroxylation sites is 1. The molecule has 0 aliphatic carbocycles. The monoisotopic (exact) mass is 216 g/mol. The second-order valence-electron chi connectivity index (χ2n) is 3.61. The van der Waals surface area contributed by atoms with Gasteiger partial charge in [-0.1, -0.05) is 18.2 Å². The standard InChI is InChI=1S/C13H13FN2/c1-16(11-5-3-2-4-6-11)13-8-7-10(15)9-12(13)14/h2-9H,15H2,1H3. The highest BCUT2D eigenvalue weighted by Crippen LogP contribution is 2.26. The first-order valence-corrected chi connectivity index (χ1v) is 5.02. The first-order chi connectivity index (χ1) is 7.68. The van der Waals surface area contributed by atoms with E-state index in [1.54, 1.807) is 17.0 Å². The summed E-state index contributed by atoms with van der Waals surface area (Å²) < 4.78 is 13.7. The van der Waals surface area contributed by atoms with Crippen molar-refractivity contribution in [1.29, 1.82) is 0 Å². The van der Waals surface area contributed by atoms with Gasteiger partial charge in [-0.15, -0.1) is 0 Å². The molecule has 0 atom stereocenters. The fraction of sp³-hybridized carbons (Fsp3) is 0.0769.